The van der Waals surface area contributed by atoms with Gasteiger partial charge in [0.1, 0.15) is 0 Å². The van der Waals surface area contributed by atoms with E-state index in [-0.39, 0.29) is 6.42 Å². The first-order valence-corrected chi connectivity index (χ1v) is 5.75. The standard InChI is InChI=1S/C13H11F2NO4/c1-13(2)5-10(17)16(12(13)20)9-4-8(15)7(14)3-6(9)11(18)19/h3-4H,5H2,1-2H3,(H,18,19). The lowest BCUT2D eigenvalue weighted by Crippen LogP contribution is -2.34. The number of rotatable bonds is 2. The first-order valence-electron chi connectivity index (χ1n) is 5.75. The number of halogens is 2. The van der Waals surface area contributed by atoms with Crippen molar-refractivity contribution in [3.05, 3.63) is 29.3 Å². The summed E-state index contributed by atoms with van der Waals surface area (Å²) in [6.45, 7) is 3.04. The molecule has 1 N–H and O–H groups in total. The quantitative estimate of drug-likeness (QED) is 0.842. The van der Waals surface area contributed by atoms with Crippen LogP contribution in [0.25, 0.3) is 0 Å². The Labute approximate surface area is 112 Å². The Balaban J connectivity index is 2.64. The molecule has 0 saturated carbocycles. The fourth-order valence-corrected chi connectivity index (χ4v) is 2.09. The van der Waals surface area contributed by atoms with Gasteiger partial charge in [0.05, 0.1) is 16.7 Å². The van der Waals surface area contributed by atoms with Crippen LogP contribution in [0.1, 0.15) is 30.6 Å². The molecule has 0 aromatic heterocycles. The average Bonchev–Trinajstić information content (AvgIpc) is 2.51. The molecule has 7 heteroatoms. The number of carboxylic acids is 1. The Morgan fingerprint density at radius 1 is 1.25 bits per heavy atom. The van der Waals surface area contributed by atoms with Crippen LogP contribution in [0.5, 0.6) is 0 Å². The van der Waals surface area contributed by atoms with Gasteiger partial charge < -0.3 is 5.11 Å². The molecule has 1 aromatic rings. The van der Waals surface area contributed by atoms with Crippen LogP contribution >= 0.6 is 0 Å². The minimum absolute atomic E-state index is 0.121. The third-order valence-electron chi connectivity index (χ3n) is 3.13. The minimum Gasteiger partial charge on any atom is -0.478 e. The maximum Gasteiger partial charge on any atom is 0.337 e. The van der Waals surface area contributed by atoms with E-state index in [4.69, 9.17) is 5.11 Å². The van der Waals surface area contributed by atoms with Gasteiger partial charge in [-0.05, 0) is 6.07 Å². The summed E-state index contributed by atoms with van der Waals surface area (Å²) in [5, 5.41) is 9.01. The van der Waals surface area contributed by atoms with Crippen LogP contribution in [-0.2, 0) is 9.59 Å². The first-order chi connectivity index (χ1) is 9.15. The number of amides is 2. The van der Waals surface area contributed by atoms with Gasteiger partial charge in [-0.25, -0.2) is 18.5 Å². The van der Waals surface area contributed by atoms with Crippen LogP contribution < -0.4 is 4.90 Å². The lowest BCUT2D eigenvalue weighted by molar-refractivity contribution is -0.124. The first kappa shape index (κ1) is 14.1. The normalized spacial score (nSPS) is 17.7. The van der Waals surface area contributed by atoms with Gasteiger partial charge in [0.2, 0.25) is 11.8 Å². The summed E-state index contributed by atoms with van der Waals surface area (Å²) in [5.74, 6) is -5.52. The third kappa shape index (κ3) is 2.04. The predicted molar refractivity (Wildman–Crippen MR) is 64.2 cm³/mol. The number of carboxylic acid groups (broad SMARTS) is 1. The number of carbonyl (C=O) groups excluding carboxylic acids is 2. The number of imide groups is 1. The van der Waals surface area contributed by atoms with Gasteiger partial charge in [0.25, 0.3) is 0 Å². The van der Waals surface area contributed by atoms with Crippen LogP contribution in [0.15, 0.2) is 12.1 Å². The lowest BCUT2D eigenvalue weighted by Gasteiger charge is -2.19. The van der Waals surface area contributed by atoms with E-state index >= 15 is 0 Å². The van der Waals surface area contributed by atoms with Crippen LogP contribution in [-0.4, -0.2) is 22.9 Å². The van der Waals surface area contributed by atoms with Crippen LogP contribution in [0.2, 0.25) is 0 Å². The van der Waals surface area contributed by atoms with Crippen LogP contribution in [0.4, 0.5) is 14.5 Å². The smallest absolute Gasteiger partial charge is 0.337 e. The summed E-state index contributed by atoms with van der Waals surface area (Å²) in [4.78, 5) is 35.7. The van der Waals surface area contributed by atoms with Gasteiger partial charge in [-0.1, -0.05) is 13.8 Å². The number of anilines is 1. The summed E-state index contributed by atoms with van der Waals surface area (Å²) < 4.78 is 26.4. The van der Waals surface area contributed by atoms with E-state index in [1.165, 1.54) is 13.8 Å². The molecule has 1 aromatic carbocycles. The van der Waals surface area contributed by atoms with E-state index in [9.17, 15) is 23.2 Å². The summed E-state index contributed by atoms with van der Waals surface area (Å²) >= 11 is 0. The van der Waals surface area contributed by atoms with Crippen molar-refractivity contribution in [3.8, 4) is 0 Å². The SMILES string of the molecule is CC1(C)CC(=O)N(c2cc(F)c(F)cc2C(=O)O)C1=O. The number of aromatic carboxylic acids is 1. The van der Waals surface area contributed by atoms with Crippen molar-refractivity contribution in [3.63, 3.8) is 0 Å². The molecule has 0 radical (unpaired) electrons. The van der Waals surface area contributed by atoms with Crippen molar-refractivity contribution in [1.82, 2.24) is 0 Å². The maximum atomic E-state index is 13.3. The second-order valence-corrected chi connectivity index (χ2v) is 5.18. The lowest BCUT2D eigenvalue weighted by atomic mass is 9.92. The highest BCUT2D eigenvalue weighted by atomic mass is 19.2. The number of hydrogen-bond donors (Lipinski definition) is 1. The summed E-state index contributed by atoms with van der Waals surface area (Å²) in [5.41, 5.74) is -2.09. The van der Waals surface area contributed by atoms with Gasteiger partial charge in [-0.15, -0.1) is 0 Å². The van der Waals surface area contributed by atoms with E-state index in [1.807, 2.05) is 0 Å². The van der Waals surface area contributed by atoms with Crippen molar-refractivity contribution in [2.24, 2.45) is 5.41 Å². The van der Waals surface area contributed by atoms with Crippen molar-refractivity contribution in [2.75, 3.05) is 4.90 Å². The second kappa shape index (κ2) is 4.36. The molecule has 0 atom stereocenters. The summed E-state index contributed by atoms with van der Waals surface area (Å²) in [6.07, 6.45) is -0.121. The van der Waals surface area contributed by atoms with E-state index < -0.39 is 46.1 Å². The molecule has 1 aliphatic heterocycles. The molecule has 1 heterocycles. The monoisotopic (exact) mass is 283 g/mol. The molecule has 5 nitrogen and oxygen atoms in total. The van der Waals surface area contributed by atoms with Gasteiger partial charge in [0, 0.05) is 12.5 Å². The molecule has 1 aliphatic rings. The van der Waals surface area contributed by atoms with Gasteiger partial charge in [0.15, 0.2) is 11.6 Å². The fraction of sp³-hybridized carbons (Fsp3) is 0.308. The zero-order valence-corrected chi connectivity index (χ0v) is 10.7. The molecule has 106 valence electrons. The topological polar surface area (TPSA) is 74.7 Å². The number of nitrogens with zero attached hydrogens (tertiary/aromatic N) is 1. The summed E-state index contributed by atoms with van der Waals surface area (Å²) in [7, 11) is 0. The molecule has 2 amide bonds. The van der Waals surface area contributed by atoms with Gasteiger partial charge >= 0.3 is 5.97 Å². The van der Waals surface area contributed by atoms with E-state index in [0.29, 0.717) is 17.0 Å². The zero-order chi connectivity index (χ0) is 15.2. The van der Waals surface area contributed by atoms with Crippen molar-refractivity contribution < 1.29 is 28.3 Å². The fourth-order valence-electron chi connectivity index (χ4n) is 2.09. The van der Waals surface area contributed by atoms with E-state index in [2.05, 4.69) is 0 Å². The zero-order valence-electron chi connectivity index (χ0n) is 10.7. The largest absolute Gasteiger partial charge is 0.478 e. The highest BCUT2D eigenvalue weighted by molar-refractivity contribution is 6.24. The van der Waals surface area contributed by atoms with Crippen LogP contribution in [0.3, 0.4) is 0 Å². The van der Waals surface area contributed by atoms with Gasteiger partial charge in [-0.3, -0.25) is 9.59 Å². The molecule has 1 saturated heterocycles. The Kier molecular flexibility index (Phi) is 3.08. The Bertz CT molecular complexity index is 640. The predicted octanol–water partition coefficient (Wildman–Crippen LogP) is 1.95. The maximum absolute atomic E-state index is 13.3. The second-order valence-electron chi connectivity index (χ2n) is 5.18. The minimum atomic E-state index is -1.55. The molecule has 2 rings (SSSR count). The van der Waals surface area contributed by atoms with Crippen molar-refractivity contribution in [2.45, 2.75) is 20.3 Å². The Hall–Kier alpha value is -2.31. The van der Waals surface area contributed by atoms with Crippen molar-refractivity contribution in [1.29, 1.82) is 0 Å². The average molecular weight is 283 g/mol. The molecule has 20 heavy (non-hydrogen) atoms. The molecular weight excluding hydrogens is 272 g/mol. The summed E-state index contributed by atoms with van der Waals surface area (Å²) in [6, 6.07) is 1.01. The van der Waals surface area contributed by atoms with Gasteiger partial charge in [-0.2, -0.15) is 0 Å². The van der Waals surface area contributed by atoms with Crippen molar-refractivity contribution >= 4 is 23.5 Å². The highest BCUT2D eigenvalue weighted by Crippen LogP contribution is 2.37. The molecule has 0 bridgehead atoms. The molecule has 0 unspecified atom stereocenters. The van der Waals surface area contributed by atoms with E-state index in [0.717, 1.165) is 0 Å². The van der Waals surface area contributed by atoms with Crippen LogP contribution in [0, 0.1) is 17.0 Å². The number of hydrogen-bond acceptors (Lipinski definition) is 3. The molecular formula is C13H11F2NO4. The Morgan fingerprint density at radius 3 is 2.25 bits per heavy atom. The third-order valence-corrected chi connectivity index (χ3v) is 3.13. The number of benzene rings is 1. The van der Waals surface area contributed by atoms with E-state index in [1.54, 1.807) is 0 Å². The number of carbonyl (C=O) groups is 3. The molecule has 0 spiro atoms. The highest BCUT2D eigenvalue weighted by Gasteiger charge is 2.46. The molecule has 0 aliphatic carbocycles. The molecule has 1 fully saturated rings. The Morgan fingerprint density at radius 2 is 1.80 bits per heavy atom.